The van der Waals surface area contributed by atoms with Crippen molar-refractivity contribution in [1.82, 2.24) is 4.90 Å². The Morgan fingerprint density at radius 2 is 1.75 bits per heavy atom. The summed E-state index contributed by atoms with van der Waals surface area (Å²) in [4.78, 5) is 34.3. The number of amides is 1. The van der Waals surface area contributed by atoms with Gasteiger partial charge in [0.2, 0.25) is 12.1 Å². The summed E-state index contributed by atoms with van der Waals surface area (Å²) in [5.74, 6) is -0.558. The van der Waals surface area contributed by atoms with Gasteiger partial charge in [-0.2, -0.15) is 0 Å². The van der Waals surface area contributed by atoms with Gasteiger partial charge in [0.05, 0.1) is 38.5 Å². The van der Waals surface area contributed by atoms with E-state index in [1.807, 2.05) is 48.5 Å². The van der Waals surface area contributed by atoms with Crippen LogP contribution in [-0.4, -0.2) is 84.9 Å². The van der Waals surface area contributed by atoms with Crippen molar-refractivity contribution in [3.63, 3.8) is 0 Å². The van der Waals surface area contributed by atoms with Gasteiger partial charge in [0.1, 0.15) is 29.6 Å². The van der Waals surface area contributed by atoms with Crippen molar-refractivity contribution in [1.29, 1.82) is 0 Å². The molecule has 1 saturated carbocycles. The number of methoxy groups -OCH3 is 1. The van der Waals surface area contributed by atoms with Gasteiger partial charge >= 0.3 is 6.09 Å². The van der Waals surface area contributed by atoms with Crippen molar-refractivity contribution >= 4 is 28.9 Å². The smallest absolute Gasteiger partial charge is 0.410 e. The van der Waals surface area contributed by atoms with E-state index < -0.39 is 30.1 Å². The summed E-state index contributed by atoms with van der Waals surface area (Å²) in [6.45, 7) is 5.11. The first-order valence-corrected chi connectivity index (χ1v) is 22.8. The van der Waals surface area contributed by atoms with E-state index >= 15 is 0 Å². The lowest BCUT2D eigenvalue weighted by Crippen LogP contribution is -2.70. The Morgan fingerprint density at radius 3 is 2.53 bits per heavy atom. The van der Waals surface area contributed by atoms with Gasteiger partial charge in [-0.15, -0.1) is 6.58 Å². The Hall–Kier alpha value is -5.53. The van der Waals surface area contributed by atoms with Crippen LogP contribution in [0.2, 0.25) is 0 Å². The Balaban J connectivity index is 1.34. The highest BCUT2D eigenvalue weighted by Crippen LogP contribution is 2.62. The third-order valence-electron chi connectivity index (χ3n) is 13.3. The van der Waals surface area contributed by atoms with Gasteiger partial charge in [0, 0.05) is 43.1 Å². The highest BCUT2D eigenvalue weighted by Gasteiger charge is 2.65. The van der Waals surface area contributed by atoms with E-state index in [9.17, 15) is 19.8 Å². The van der Waals surface area contributed by atoms with Crippen LogP contribution in [0.3, 0.4) is 0 Å². The van der Waals surface area contributed by atoms with Crippen LogP contribution < -0.4 is 9.47 Å². The number of rotatable bonds is 19. The minimum absolute atomic E-state index is 0.00855. The third-order valence-corrected chi connectivity index (χ3v) is 13.3. The number of hydrogen-bond acceptors (Lipinski definition) is 11. The summed E-state index contributed by atoms with van der Waals surface area (Å²) in [7, 11) is 1.39. The van der Waals surface area contributed by atoms with Crippen molar-refractivity contribution < 1.29 is 48.3 Å². The van der Waals surface area contributed by atoms with E-state index in [2.05, 4.69) is 30.9 Å². The lowest BCUT2D eigenvalue weighted by Gasteiger charge is -2.59. The third kappa shape index (κ3) is 9.47. The lowest BCUT2D eigenvalue weighted by molar-refractivity contribution is -0.256. The molecule has 2 aliphatic carbocycles. The van der Waals surface area contributed by atoms with Crippen LogP contribution in [0.15, 0.2) is 114 Å². The van der Waals surface area contributed by atoms with E-state index in [1.165, 1.54) is 7.11 Å². The van der Waals surface area contributed by atoms with Gasteiger partial charge in [-0.05, 0) is 103 Å². The van der Waals surface area contributed by atoms with Gasteiger partial charge in [0.15, 0.2) is 0 Å². The summed E-state index contributed by atoms with van der Waals surface area (Å²) in [6.07, 6.45) is 11.0. The van der Waals surface area contributed by atoms with Gasteiger partial charge < -0.3 is 38.7 Å². The number of carbonyl (C=O) groups excluding carboxylic acids is 2. The van der Waals surface area contributed by atoms with Crippen LogP contribution in [0.25, 0.3) is 10.8 Å². The number of unbranched alkanes of at least 4 members (excludes halogenated alkanes) is 2. The number of hydrogen-bond donors (Lipinski definition) is 2. The Bertz CT molecular complexity index is 2320. The average molecular weight is 873 g/mol. The molecule has 8 rings (SSSR count). The molecule has 2 heterocycles. The molecule has 7 atom stereocenters. The molecule has 4 aromatic carbocycles. The van der Waals surface area contributed by atoms with E-state index in [-0.39, 0.29) is 50.5 Å². The molecule has 4 aromatic rings. The van der Waals surface area contributed by atoms with Crippen LogP contribution in [-0.2, 0) is 25.6 Å². The molecule has 2 fully saturated rings. The van der Waals surface area contributed by atoms with E-state index in [4.69, 9.17) is 33.7 Å². The minimum atomic E-state index is -1.48. The summed E-state index contributed by atoms with van der Waals surface area (Å²) < 4.78 is 32.7. The SMILES string of the molecule is C=CCO[C@@]12Oc3ccc(Oc4cccc(C=O)c4)cc3[C@H]3[C@H](CCCCO)[C@@H](CCCCO)C=C(C(=NOC4CCCCO4)C[C@@H]1N(Cc1cccc4ccccc14)C(=O)OC)[C@H]32. The Morgan fingerprint density at radius 1 is 0.953 bits per heavy atom. The predicted molar refractivity (Wildman–Crippen MR) is 243 cm³/mol. The van der Waals surface area contributed by atoms with Crippen molar-refractivity contribution in [2.24, 2.45) is 22.9 Å². The van der Waals surface area contributed by atoms with Crippen LogP contribution in [0.4, 0.5) is 4.79 Å². The molecule has 1 unspecified atom stereocenters. The van der Waals surface area contributed by atoms with Crippen molar-refractivity contribution in [3.05, 3.63) is 126 Å². The molecule has 0 radical (unpaired) electrons. The molecule has 0 spiro atoms. The van der Waals surface area contributed by atoms with Gasteiger partial charge in [-0.1, -0.05) is 84.7 Å². The number of benzene rings is 4. The first kappa shape index (κ1) is 45.1. The fraction of sp³-hybridized carbons (Fsp3) is 0.442. The summed E-state index contributed by atoms with van der Waals surface area (Å²) >= 11 is 0. The maximum Gasteiger partial charge on any atom is 0.410 e. The maximum absolute atomic E-state index is 14.5. The van der Waals surface area contributed by atoms with Crippen LogP contribution in [0.1, 0.15) is 91.6 Å². The maximum atomic E-state index is 14.5. The monoisotopic (exact) mass is 872 g/mol. The molecule has 2 aliphatic heterocycles. The van der Waals surface area contributed by atoms with Crippen molar-refractivity contribution in [2.45, 2.75) is 94.8 Å². The fourth-order valence-electron chi connectivity index (χ4n) is 10.4. The van der Waals surface area contributed by atoms with E-state index in [0.717, 1.165) is 72.3 Å². The number of allylic oxidation sites excluding steroid dienone is 1. The van der Waals surface area contributed by atoms with Crippen LogP contribution in [0.5, 0.6) is 17.2 Å². The normalized spacial score (nSPS) is 25.3. The summed E-state index contributed by atoms with van der Waals surface area (Å²) in [6, 6.07) is 26.2. The van der Waals surface area contributed by atoms with Crippen LogP contribution in [0, 0.1) is 17.8 Å². The second-order valence-corrected chi connectivity index (χ2v) is 17.2. The molecule has 2 N–H and O–H groups in total. The molecule has 12 nitrogen and oxygen atoms in total. The lowest BCUT2D eigenvalue weighted by atomic mass is 9.55. The zero-order valence-corrected chi connectivity index (χ0v) is 36.6. The van der Waals surface area contributed by atoms with E-state index in [1.54, 1.807) is 29.2 Å². The number of aliphatic hydroxyl groups excluding tert-OH is 2. The zero-order valence-electron chi connectivity index (χ0n) is 36.6. The molecule has 4 aliphatic rings. The second kappa shape index (κ2) is 21.0. The quantitative estimate of drug-likeness (QED) is 0.0404. The number of nitrogens with zero attached hydrogens (tertiary/aromatic N) is 2. The van der Waals surface area contributed by atoms with Crippen molar-refractivity contribution in [3.8, 4) is 17.2 Å². The van der Waals surface area contributed by atoms with Gasteiger partial charge in [-0.3, -0.25) is 9.69 Å². The fourth-order valence-corrected chi connectivity index (χ4v) is 10.4. The molecule has 1 saturated heterocycles. The number of oxime groups is 1. The molecule has 1 amide bonds. The summed E-state index contributed by atoms with van der Waals surface area (Å²) in [5, 5.41) is 27.0. The van der Waals surface area contributed by atoms with Gasteiger partial charge in [0.25, 0.3) is 0 Å². The number of aldehydes is 1. The molecule has 12 heteroatoms. The molecule has 338 valence electrons. The first-order chi connectivity index (χ1) is 31.4. The number of carbonyl (C=O) groups is 2. The number of fused-ring (bicyclic) bond motifs is 3. The highest BCUT2D eigenvalue weighted by molar-refractivity contribution is 6.03. The second-order valence-electron chi connectivity index (χ2n) is 17.2. The largest absolute Gasteiger partial charge is 0.459 e. The molecular formula is C52H60N2O10. The number of ether oxygens (including phenoxy) is 5. The number of aliphatic hydroxyl groups is 2. The van der Waals surface area contributed by atoms with E-state index in [0.29, 0.717) is 54.4 Å². The molecule has 64 heavy (non-hydrogen) atoms. The predicted octanol–water partition coefficient (Wildman–Crippen LogP) is 9.87. The Labute approximate surface area is 375 Å². The minimum Gasteiger partial charge on any atom is -0.459 e. The first-order valence-electron chi connectivity index (χ1n) is 22.8. The van der Waals surface area contributed by atoms with Gasteiger partial charge in [-0.25, -0.2) is 4.79 Å². The zero-order chi connectivity index (χ0) is 44.5. The highest BCUT2D eigenvalue weighted by atomic mass is 16.8. The average Bonchev–Trinajstić information content (AvgIpc) is 3.33. The molecule has 0 bridgehead atoms. The standard InChI is InChI=1S/C52H60N2O10/c1-3-27-61-52-47(54(51(58)59-2)33-38-18-13-17-36-15-4-5-20-41(36)38)32-45(53-64-48-22-8-11-28-60-48)43-30-37(16-6-9-25-55)42(21-7-10-26-56)49(50(43)52)44-31-40(23-24-46(44)63-52)62-39-19-12-14-35(29-39)34-57/h3-5,12-15,17-20,23-24,29-31,34,37,42,47-50,55-56H,1,6-11,16,21-22,25-28,32-33H2,2H3/t37-,42+,47-,48?,49+,50+,52+/m0/s1. The summed E-state index contributed by atoms with van der Waals surface area (Å²) in [5.41, 5.74) is 3.92. The molecular weight excluding hydrogens is 813 g/mol. The van der Waals surface area contributed by atoms with Crippen molar-refractivity contribution in [2.75, 3.05) is 33.5 Å². The topological polar surface area (TPSA) is 146 Å². The molecule has 0 aromatic heterocycles. The van der Waals surface area contributed by atoms with Crippen LogP contribution >= 0.6 is 0 Å². The Kier molecular flexibility index (Phi) is 14.8.